The Morgan fingerprint density at radius 1 is 0.923 bits per heavy atom. The van der Waals surface area contributed by atoms with Gasteiger partial charge in [-0.15, -0.1) is 0 Å². The second-order valence-corrected chi connectivity index (χ2v) is 7.35. The highest BCUT2D eigenvalue weighted by Gasteiger charge is 2.41. The number of nitrogens with zero attached hydrogens (tertiary/aromatic N) is 3. The van der Waals surface area contributed by atoms with Crippen LogP contribution in [0.15, 0.2) is 30.0 Å². The molecule has 1 aromatic carbocycles. The summed E-state index contributed by atoms with van der Waals surface area (Å²) in [5.74, 6) is -0.255. The molecule has 0 atom stereocenters. The van der Waals surface area contributed by atoms with Crippen LogP contribution in [0.2, 0.25) is 0 Å². The second-order valence-electron chi connectivity index (χ2n) is 7.35. The van der Waals surface area contributed by atoms with Gasteiger partial charge < -0.3 is 9.80 Å². The van der Waals surface area contributed by atoms with Crippen LogP contribution in [0.3, 0.4) is 0 Å². The third-order valence-electron chi connectivity index (χ3n) is 5.29. The fourth-order valence-electron chi connectivity index (χ4n) is 3.59. The maximum atomic E-state index is 13.1. The van der Waals surface area contributed by atoms with Crippen LogP contribution >= 0.6 is 0 Å². The first-order valence-corrected chi connectivity index (χ1v) is 9.64. The summed E-state index contributed by atoms with van der Waals surface area (Å²) < 4.78 is 0. The normalized spacial score (nSPS) is 19.0. The molecule has 0 spiro atoms. The van der Waals surface area contributed by atoms with E-state index in [0.29, 0.717) is 17.8 Å². The number of rotatable bonds is 6. The number of carbonyl (C=O) groups is 2. The summed E-state index contributed by atoms with van der Waals surface area (Å²) in [7, 11) is 2.09. The van der Waals surface area contributed by atoms with Crippen molar-refractivity contribution in [2.75, 3.05) is 39.8 Å². The largest absolute Gasteiger partial charge is 0.364 e. The molecule has 26 heavy (non-hydrogen) atoms. The van der Waals surface area contributed by atoms with Crippen molar-refractivity contribution in [3.05, 3.63) is 41.1 Å². The molecule has 2 aliphatic heterocycles. The van der Waals surface area contributed by atoms with Crippen molar-refractivity contribution in [3.63, 3.8) is 0 Å². The molecule has 2 amide bonds. The van der Waals surface area contributed by atoms with E-state index in [1.807, 2.05) is 31.2 Å². The Balaban J connectivity index is 1.95. The van der Waals surface area contributed by atoms with Crippen LogP contribution < -0.4 is 0 Å². The van der Waals surface area contributed by atoms with E-state index in [1.54, 1.807) is 0 Å². The first kappa shape index (κ1) is 18.6. The number of amides is 2. The fourth-order valence-corrected chi connectivity index (χ4v) is 3.59. The number of unbranched alkanes of at least 4 members (excludes halogenated alkanes) is 2. The van der Waals surface area contributed by atoms with Crippen molar-refractivity contribution in [3.8, 4) is 0 Å². The van der Waals surface area contributed by atoms with Gasteiger partial charge in [0.2, 0.25) is 0 Å². The van der Waals surface area contributed by atoms with Crippen molar-refractivity contribution >= 4 is 17.4 Å². The quantitative estimate of drug-likeness (QED) is 0.581. The molecule has 0 bridgehead atoms. The Labute approximate surface area is 156 Å². The highest BCUT2D eigenvalue weighted by molar-refractivity contribution is 6.35. The highest BCUT2D eigenvalue weighted by atomic mass is 16.2. The van der Waals surface area contributed by atoms with Gasteiger partial charge >= 0.3 is 0 Å². The Morgan fingerprint density at radius 3 is 2.19 bits per heavy atom. The molecule has 140 valence electrons. The first-order valence-electron chi connectivity index (χ1n) is 9.64. The zero-order chi connectivity index (χ0) is 18.7. The van der Waals surface area contributed by atoms with E-state index < -0.39 is 0 Å². The van der Waals surface area contributed by atoms with Crippen LogP contribution in [-0.2, 0) is 9.59 Å². The SMILES string of the molecule is CCCCCN1C(=O)C(c2ccc(C)cc2)=C(N2CCN(C)CC2)C1=O. The predicted molar refractivity (Wildman–Crippen MR) is 103 cm³/mol. The summed E-state index contributed by atoms with van der Waals surface area (Å²) in [4.78, 5) is 32.1. The molecule has 0 saturated carbocycles. The molecule has 0 N–H and O–H groups in total. The maximum absolute atomic E-state index is 13.1. The molecule has 1 saturated heterocycles. The predicted octanol–water partition coefficient (Wildman–Crippen LogP) is 2.51. The van der Waals surface area contributed by atoms with Crippen molar-refractivity contribution < 1.29 is 9.59 Å². The Kier molecular flexibility index (Phi) is 5.77. The summed E-state index contributed by atoms with van der Waals surface area (Å²) in [6.45, 7) is 8.03. The van der Waals surface area contributed by atoms with Gasteiger partial charge in [0.1, 0.15) is 5.70 Å². The monoisotopic (exact) mass is 355 g/mol. The van der Waals surface area contributed by atoms with E-state index in [4.69, 9.17) is 0 Å². The van der Waals surface area contributed by atoms with Gasteiger partial charge in [0.25, 0.3) is 11.8 Å². The molecule has 2 heterocycles. The van der Waals surface area contributed by atoms with Gasteiger partial charge in [-0.2, -0.15) is 0 Å². The summed E-state index contributed by atoms with van der Waals surface area (Å²) in [5.41, 5.74) is 3.17. The zero-order valence-corrected chi connectivity index (χ0v) is 16.1. The molecule has 5 nitrogen and oxygen atoms in total. The number of hydrogen-bond acceptors (Lipinski definition) is 4. The minimum Gasteiger partial charge on any atom is -0.364 e. The first-order chi connectivity index (χ1) is 12.5. The number of hydrogen-bond donors (Lipinski definition) is 0. The van der Waals surface area contributed by atoms with Crippen LogP contribution in [0, 0.1) is 6.92 Å². The topological polar surface area (TPSA) is 43.9 Å². The van der Waals surface area contributed by atoms with Crippen LogP contribution in [-0.4, -0.2) is 66.3 Å². The standard InChI is InChI=1S/C21H29N3O2/c1-4-5-6-11-24-20(25)18(17-9-7-16(2)8-10-17)19(21(24)26)23-14-12-22(3)13-15-23/h7-10H,4-6,11-15H2,1-3H3. The number of carbonyl (C=O) groups excluding carboxylic acids is 2. The van der Waals surface area contributed by atoms with Gasteiger partial charge in [0.15, 0.2) is 0 Å². The highest BCUT2D eigenvalue weighted by Crippen LogP contribution is 2.32. The molecule has 3 rings (SSSR count). The molecule has 0 unspecified atom stereocenters. The lowest BCUT2D eigenvalue weighted by Gasteiger charge is -2.34. The van der Waals surface area contributed by atoms with Crippen LogP contribution in [0.25, 0.3) is 5.57 Å². The van der Waals surface area contributed by atoms with Crippen LogP contribution in [0.4, 0.5) is 0 Å². The fraction of sp³-hybridized carbons (Fsp3) is 0.524. The minimum absolute atomic E-state index is 0.119. The Hall–Kier alpha value is -2.14. The van der Waals surface area contributed by atoms with Gasteiger partial charge in [0.05, 0.1) is 5.57 Å². The minimum atomic E-state index is -0.135. The zero-order valence-electron chi connectivity index (χ0n) is 16.1. The van der Waals surface area contributed by atoms with Gasteiger partial charge in [-0.1, -0.05) is 49.6 Å². The lowest BCUT2D eigenvalue weighted by molar-refractivity contribution is -0.137. The molecule has 0 aromatic heterocycles. The Bertz CT molecular complexity index is 700. The Morgan fingerprint density at radius 2 is 1.58 bits per heavy atom. The molecular weight excluding hydrogens is 326 g/mol. The van der Waals surface area contributed by atoms with Gasteiger partial charge in [0, 0.05) is 32.7 Å². The van der Waals surface area contributed by atoms with E-state index in [2.05, 4.69) is 23.8 Å². The number of imide groups is 1. The maximum Gasteiger partial charge on any atom is 0.277 e. The van der Waals surface area contributed by atoms with E-state index in [0.717, 1.165) is 56.6 Å². The van der Waals surface area contributed by atoms with Gasteiger partial charge in [-0.25, -0.2) is 0 Å². The summed E-state index contributed by atoms with van der Waals surface area (Å²) in [6, 6.07) is 7.92. The van der Waals surface area contributed by atoms with Crippen molar-refractivity contribution in [1.29, 1.82) is 0 Å². The summed E-state index contributed by atoms with van der Waals surface area (Å²) in [6.07, 6.45) is 2.96. The third kappa shape index (κ3) is 3.68. The number of piperazine rings is 1. The third-order valence-corrected chi connectivity index (χ3v) is 5.29. The molecule has 5 heteroatoms. The lowest BCUT2D eigenvalue weighted by atomic mass is 10.0. The molecule has 1 fully saturated rings. The summed E-state index contributed by atoms with van der Waals surface area (Å²) in [5, 5.41) is 0. The average Bonchev–Trinajstić information content (AvgIpc) is 2.88. The number of aryl methyl sites for hydroxylation is 1. The second kappa shape index (κ2) is 8.04. The molecule has 2 aliphatic rings. The van der Waals surface area contributed by atoms with E-state index in [9.17, 15) is 9.59 Å². The lowest BCUT2D eigenvalue weighted by Crippen LogP contribution is -2.46. The van der Waals surface area contributed by atoms with Crippen LogP contribution in [0.1, 0.15) is 37.3 Å². The van der Waals surface area contributed by atoms with E-state index >= 15 is 0 Å². The summed E-state index contributed by atoms with van der Waals surface area (Å²) >= 11 is 0. The smallest absolute Gasteiger partial charge is 0.277 e. The average molecular weight is 355 g/mol. The number of benzene rings is 1. The number of likely N-dealkylation sites (N-methyl/N-ethyl adjacent to an activating group) is 1. The molecule has 1 aromatic rings. The van der Waals surface area contributed by atoms with Crippen molar-refractivity contribution in [1.82, 2.24) is 14.7 Å². The van der Waals surface area contributed by atoms with E-state index in [-0.39, 0.29) is 11.8 Å². The molecule has 0 radical (unpaired) electrons. The van der Waals surface area contributed by atoms with E-state index in [1.165, 1.54) is 4.90 Å². The van der Waals surface area contributed by atoms with Gasteiger partial charge in [-0.05, 0) is 26.0 Å². The molecule has 0 aliphatic carbocycles. The van der Waals surface area contributed by atoms with Crippen LogP contribution in [0.5, 0.6) is 0 Å². The molecular formula is C21H29N3O2. The van der Waals surface area contributed by atoms with Gasteiger partial charge in [-0.3, -0.25) is 14.5 Å². The van der Waals surface area contributed by atoms with Crippen molar-refractivity contribution in [2.45, 2.75) is 33.1 Å². The van der Waals surface area contributed by atoms with Crippen molar-refractivity contribution in [2.24, 2.45) is 0 Å².